The van der Waals surface area contributed by atoms with Crippen molar-refractivity contribution in [2.45, 2.75) is 19.4 Å². The first-order chi connectivity index (χ1) is 10.1. The van der Waals surface area contributed by atoms with Crippen LogP contribution < -0.4 is 4.74 Å². The highest BCUT2D eigenvalue weighted by Crippen LogP contribution is 2.13. The number of likely N-dealkylation sites (N-methyl/N-ethyl adjacent to an activating group) is 1. The van der Waals surface area contributed by atoms with Crippen LogP contribution in [0.25, 0.3) is 0 Å². The maximum atomic E-state index is 12.3. The van der Waals surface area contributed by atoms with Gasteiger partial charge in [0.25, 0.3) is 5.91 Å². The summed E-state index contributed by atoms with van der Waals surface area (Å²) >= 11 is 0. The molecule has 1 aliphatic heterocycles. The van der Waals surface area contributed by atoms with Crippen LogP contribution in [0, 0.1) is 11.3 Å². The molecule has 1 saturated heterocycles. The van der Waals surface area contributed by atoms with E-state index in [0.717, 1.165) is 26.1 Å². The molecule has 0 radical (unpaired) electrons. The zero-order valence-corrected chi connectivity index (χ0v) is 12.6. The van der Waals surface area contributed by atoms with Crippen LogP contribution in [0.15, 0.2) is 24.3 Å². The van der Waals surface area contributed by atoms with Gasteiger partial charge >= 0.3 is 0 Å². The third-order valence-corrected chi connectivity index (χ3v) is 3.71. The lowest BCUT2D eigenvalue weighted by Gasteiger charge is -2.28. The third-order valence-electron chi connectivity index (χ3n) is 3.71. The van der Waals surface area contributed by atoms with E-state index in [1.807, 2.05) is 4.90 Å². The Balaban J connectivity index is 1.89. The maximum absolute atomic E-state index is 12.3. The summed E-state index contributed by atoms with van der Waals surface area (Å²) in [4.78, 5) is 16.4. The summed E-state index contributed by atoms with van der Waals surface area (Å²) in [6.45, 7) is 4.80. The Hall–Kier alpha value is -2.06. The minimum Gasteiger partial charge on any atom is -0.484 e. The van der Waals surface area contributed by atoms with Crippen LogP contribution in [-0.4, -0.2) is 55.0 Å². The molecule has 0 spiro atoms. The molecule has 0 bridgehead atoms. The van der Waals surface area contributed by atoms with Gasteiger partial charge in [-0.3, -0.25) is 4.79 Å². The lowest BCUT2D eigenvalue weighted by Crippen LogP contribution is -2.44. The third kappa shape index (κ3) is 4.20. The van der Waals surface area contributed by atoms with E-state index >= 15 is 0 Å². The highest BCUT2D eigenvalue weighted by Gasteiger charge is 2.24. The number of ether oxygens (including phenoxy) is 1. The molecule has 1 unspecified atom stereocenters. The number of hydrogen-bond acceptors (Lipinski definition) is 4. The van der Waals surface area contributed by atoms with E-state index in [4.69, 9.17) is 10.00 Å². The fourth-order valence-electron chi connectivity index (χ4n) is 2.60. The fraction of sp³-hybridized carbons (Fsp3) is 0.500. The number of carbonyl (C=O) groups excluding carboxylic acids is 1. The molecule has 1 amide bonds. The van der Waals surface area contributed by atoms with Crippen molar-refractivity contribution in [1.82, 2.24) is 9.80 Å². The monoisotopic (exact) mass is 287 g/mol. The maximum Gasteiger partial charge on any atom is 0.260 e. The van der Waals surface area contributed by atoms with Gasteiger partial charge in [-0.15, -0.1) is 0 Å². The first kappa shape index (κ1) is 15.3. The molecular weight excluding hydrogens is 266 g/mol. The summed E-state index contributed by atoms with van der Waals surface area (Å²) in [6.07, 6.45) is 0.990. The van der Waals surface area contributed by atoms with Crippen molar-refractivity contribution < 1.29 is 9.53 Å². The molecule has 5 heteroatoms. The molecule has 1 aromatic rings. The van der Waals surface area contributed by atoms with Crippen LogP contribution in [0.5, 0.6) is 5.75 Å². The molecule has 1 heterocycles. The van der Waals surface area contributed by atoms with E-state index in [9.17, 15) is 4.79 Å². The van der Waals surface area contributed by atoms with Crippen LogP contribution in [0.3, 0.4) is 0 Å². The molecule has 0 N–H and O–H groups in total. The predicted molar refractivity (Wildman–Crippen MR) is 79.9 cm³/mol. The van der Waals surface area contributed by atoms with E-state index in [1.54, 1.807) is 24.3 Å². The van der Waals surface area contributed by atoms with Gasteiger partial charge in [0.1, 0.15) is 5.75 Å². The van der Waals surface area contributed by atoms with E-state index in [-0.39, 0.29) is 18.6 Å². The van der Waals surface area contributed by atoms with Crippen molar-refractivity contribution in [2.75, 3.05) is 33.3 Å². The molecule has 5 nitrogen and oxygen atoms in total. The van der Waals surface area contributed by atoms with Crippen molar-refractivity contribution in [3.05, 3.63) is 29.8 Å². The van der Waals surface area contributed by atoms with Crippen molar-refractivity contribution in [3.8, 4) is 11.8 Å². The van der Waals surface area contributed by atoms with Crippen LogP contribution in [0.2, 0.25) is 0 Å². The highest BCUT2D eigenvalue weighted by atomic mass is 16.5. The van der Waals surface area contributed by atoms with Gasteiger partial charge in [-0.25, -0.2) is 0 Å². The summed E-state index contributed by atoms with van der Waals surface area (Å²) in [7, 11) is 2.08. The highest BCUT2D eigenvalue weighted by molar-refractivity contribution is 5.78. The zero-order valence-electron chi connectivity index (χ0n) is 12.6. The second-order valence-electron chi connectivity index (χ2n) is 5.48. The predicted octanol–water partition coefficient (Wildman–Crippen LogP) is 1.49. The molecule has 1 aromatic carbocycles. The number of nitrogens with zero attached hydrogens (tertiary/aromatic N) is 3. The van der Waals surface area contributed by atoms with Crippen molar-refractivity contribution in [1.29, 1.82) is 5.26 Å². The van der Waals surface area contributed by atoms with Crippen molar-refractivity contribution in [3.63, 3.8) is 0 Å². The summed E-state index contributed by atoms with van der Waals surface area (Å²) in [5, 5.41) is 8.74. The molecule has 2 rings (SSSR count). The van der Waals surface area contributed by atoms with Crippen LogP contribution in [0.4, 0.5) is 0 Å². The Morgan fingerprint density at radius 3 is 2.76 bits per heavy atom. The molecular formula is C16H21N3O2. The normalized spacial score (nSPS) is 19.7. The molecule has 1 atom stereocenters. The summed E-state index contributed by atoms with van der Waals surface area (Å²) in [6, 6.07) is 9.05. The van der Waals surface area contributed by atoms with Crippen LogP contribution >= 0.6 is 0 Å². The Morgan fingerprint density at radius 2 is 2.10 bits per heavy atom. The molecule has 0 aromatic heterocycles. The molecule has 1 aliphatic rings. The largest absolute Gasteiger partial charge is 0.484 e. The van der Waals surface area contributed by atoms with Crippen molar-refractivity contribution in [2.24, 2.45) is 0 Å². The van der Waals surface area contributed by atoms with Gasteiger partial charge in [0, 0.05) is 19.1 Å². The van der Waals surface area contributed by atoms with Gasteiger partial charge in [-0.1, -0.05) is 0 Å². The lowest BCUT2D eigenvalue weighted by atomic mass is 10.2. The second kappa shape index (κ2) is 7.09. The van der Waals surface area contributed by atoms with Gasteiger partial charge in [-0.2, -0.15) is 5.26 Å². The molecule has 0 saturated carbocycles. The minimum atomic E-state index is 0.0159. The standard InChI is InChI=1S/C16H21N3O2/c1-13-11-18(2)8-3-9-19(13)16(20)12-21-15-6-4-14(10-17)5-7-15/h4-7,13H,3,8-9,11-12H2,1-2H3. The Morgan fingerprint density at radius 1 is 1.38 bits per heavy atom. The minimum absolute atomic E-state index is 0.0159. The molecule has 1 fully saturated rings. The van der Waals surface area contributed by atoms with Gasteiger partial charge in [-0.05, 0) is 51.2 Å². The van der Waals surface area contributed by atoms with Gasteiger partial charge in [0.15, 0.2) is 6.61 Å². The van der Waals surface area contributed by atoms with E-state index < -0.39 is 0 Å². The van der Waals surface area contributed by atoms with Crippen LogP contribution in [-0.2, 0) is 4.79 Å². The van der Waals surface area contributed by atoms with Crippen LogP contribution in [0.1, 0.15) is 18.9 Å². The number of amides is 1. The topological polar surface area (TPSA) is 56.6 Å². The quantitative estimate of drug-likeness (QED) is 0.845. The first-order valence-corrected chi connectivity index (χ1v) is 7.21. The smallest absolute Gasteiger partial charge is 0.260 e. The van der Waals surface area contributed by atoms with Gasteiger partial charge in [0.2, 0.25) is 0 Å². The number of hydrogen-bond donors (Lipinski definition) is 0. The second-order valence-corrected chi connectivity index (χ2v) is 5.48. The van der Waals surface area contributed by atoms with E-state index in [2.05, 4.69) is 24.9 Å². The summed E-state index contributed by atoms with van der Waals surface area (Å²) < 4.78 is 5.52. The Kier molecular flexibility index (Phi) is 5.18. The Labute approximate surface area is 125 Å². The molecule has 0 aliphatic carbocycles. The number of nitriles is 1. The van der Waals surface area contributed by atoms with E-state index in [1.165, 1.54) is 0 Å². The summed E-state index contributed by atoms with van der Waals surface area (Å²) in [5.41, 5.74) is 0.581. The number of rotatable bonds is 3. The number of carbonyl (C=O) groups is 1. The fourth-order valence-corrected chi connectivity index (χ4v) is 2.60. The van der Waals surface area contributed by atoms with E-state index in [0.29, 0.717) is 11.3 Å². The van der Waals surface area contributed by atoms with Gasteiger partial charge < -0.3 is 14.5 Å². The number of benzene rings is 1. The molecule has 112 valence electrons. The first-order valence-electron chi connectivity index (χ1n) is 7.21. The Bertz CT molecular complexity index is 521. The average molecular weight is 287 g/mol. The SMILES string of the molecule is CC1CN(C)CCCN1C(=O)COc1ccc(C#N)cc1. The van der Waals surface area contributed by atoms with Crippen molar-refractivity contribution >= 4 is 5.91 Å². The lowest BCUT2D eigenvalue weighted by molar-refractivity contribution is -0.135. The average Bonchev–Trinajstić information content (AvgIpc) is 2.65. The summed E-state index contributed by atoms with van der Waals surface area (Å²) in [5.74, 6) is 0.629. The van der Waals surface area contributed by atoms with Gasteiger partial charge in [0.05, 0.1) is 11.6 Å². The molecule has 21 heavy (non-hydrogen) atoms. The zero-order chi connectivity index (χ0) is 15.2.